The highest BCUT2D eigenvalue weighted by Crippen LogP contribution is 2.07. The number of halogens is 1. The quantitative estimate of drug-likeness (QED) is 0.885. The average Bonchev–Trinajstić information content (AvgIpc) is 2.45. The molecule has 0 aliphatic heterocycles. The van der Waals surface area contributed by atoms with Crippen LogP contribution in [0, 0.1) is 5.82 Å². The van der Waals surface area contributed by atoms with E-state index in [4.69, 9.17) is 0 Å². The van der Waals surface area contributed by atoms with Crippen LogP contribution in [0.5, 0.6) is 0 Å². The summed E-state index contributed by atoms with van der Waals surface area (Å²) < 4.78 is 13.0. The van der Waals surface area contributed by atoms with Gasteiger partial charge in [0.2, 0.25) is 0 Å². The Morgan fingerprint density at radius 3 is 2.89 bits per heavy atom. The Hall–Kier alpha value is -2.43. The lowest BCUT2D eigenvalue weighted by atomic mass is 10.2. The minimum absolute atomic E-state index is 0.219. The van der Waals surface area contributed by atoms with Gasteiger partial charge in [-0.3, -0.25) is 4.79 Å². The number of hydrogen-bond donors (Lipinski definition) is 2. The summed E-state index contributed by atoms with van der Waals surface area (Å²) in [5, 5.41) is 5.60. The third-order valence-corrected chi connectivity index (χ3v) is 2.62. The summed E-state index contributed by atoms with van der Waals surface area (Å²) in [4.78, 5) is 15.9. The van der Waals surface area contributed by atoms with Crippen LogP contribution in [0.4, 0.5) is 10.2 Å². The number of carbonyl (C=O) groups excluding carboxylic acids is 1. The molecule has 1 aromatic heterocycles. The zero-order valence-corrected chi connectivity index (χ0v) is 10.5. The molecule has 2 aromatic rings. The van der Waals surface area contributed by atoms with Gasteiger partial charge in [-0.15, -0.1) is 0 Å². The zero-order valence-electron chi connectivity index (χ0n) is 10.5. The molecule has 1 aromatic carbocycles. The van der Waals surface area contributed by atoms with Gasteiger partial charge >= 0.3 is 0 Å². The maximum Gasteiger partial charge on any atom is 0.251 e. The monoisotopic (exact) mass is 259 g/mol. The molecule has 0 atom stereocenters. The van der Waals surface area contributed by atoms with Crippen molar-refractivity contribution in [3.05, 3.63) is 59.5 Å². The van der Waals surface area contributed by atoms with Crippen LogP contribution in [0.25, 0.3) is 0 Å². The normalized spacial score (nSPS) is 10.0. The van der Waals surface area contributed by atoms with Gasteiger partial charge in [-0.1, -0.05) is 12.1 Å². The van der Waals surface area contributed by atoms with Gasteiger partial charge in [-0.2, -0.15) is 0 Å². The van der Waals surface area contributed by atoms with Crippen LogP contribution in [-0.2, 0) is 6.54 Å². The molecule has 0 unspecified atom stereocenters. The summed E-state index contributed by atoms with van der Waals surface area (Å²) in [6.45, 7) is 0.286. The number of hydrogen-bond acceptors (Lipinski definition) is 3. The fraction of sp³-hybridized carbons (Fsp3) is 0.143. The number of nitrogens with one attached hydrogen (secondary N) is 2. The number of carbonyl (C=O) groups is 1. The van der Waals surface area contributed by atoms with Crippen molar-refractivity contribution in [1.29, 1.82) is 0 Å². The van der Waals surface area contributed by atoms with Crippen LogP contribution < -0.4 is 10.6 Å². The van der Waals surface area contributed by atoms with E-state index in [1.165, 1.54) is 12.1 Å². The van der Waals surface area contributed by atoms with Crippen LogP contribution in [0.15, 0.2) is 42.6 Å². The van der Waals surface area contributed by atoms with E-state index < -0.39 is 0 Å². The molecule has 0 spiro atoms. The number of aromatic nitrogens is 1. The van der Waals surface area contributed by atoms with E-state index in [9.17, 15) is 9.18 Å². The number of anilines is 1. The van der Waals surface area contributed by atoms with Gasteiger partial charge in [-0.25, -0.2) is 9.37 Å². The second-order valence-electron chi connectivity index (χ2n) is 3.99. The number of nitrogens with zero attached hydrogens (tertiary/aromatic N) is 1. The van der Waals surface area contributed by atoms with Gasteiger partial charge in [0.05, 0.1) is 0 Å². The molecule has 0 bridgehead atoms. The molecule has 4 nitrogen and oxygen atoms in total. The van der Waals surface area contributed by atoms with E-state index >= 15 is 0 Å². The number of benzene rings is 1. The first-order valence-electron chi connectivity index (χ1n) is 5.85. The molecule has 0 fully saturated rings. The predicted octanol–water partition coefficient (Wildman–Crippen LogP) is 2.19. The summed E-state index contributed by atoms with van der Waals surface area (Å²) in [5.74, 6) is 0.0923. The summed E-state index contributed by atoms with van der Waals surface area (Å²) in [5.41, 5.74) is 1.23. The SMILES string of the molecule is CNc1cc(C(=O)NCc2cccc(F)c2)ccn1. The summed E-state index contributed by atoms with van der Waals surface area (Å²) in [6, 6.07) is 9.42. The van der Waals surface area contributed by atoms with Crippen LogP contribution in [0.1, 0.15) is 15.9 Å². The maximum absolute atomic E-state index is 13.0. The second kappa shape index (κ2) is 5.95. The van der Waals surface area contributed by atoms with Gasteiger partial charge in [0.1, 0.15) is 11.6 Å². The Kier molecular flexibility index (Phi) is 4.07. The minimum atomic E-state index is -0.312. The van der Waals surface area contributed by atoms with Crippen molar-refractivity contribution < 1.29 is 9.18 Å². The first-order valence-corrected chi connectivity index (χ1v) is 5.85. The highest BCUT2D eigenvalue weighted by molar-refractivity contribution is 5.94. The molecule has 2 rings (SSSR count). The van der Waals surface area contributed by atoms with E-state index in [0.717, 1.165) is 5.56 Å². The van der Waals surface area contributed by atoms with E-state index in [-0.39, 0.29) is 18.3 Å². The Labute approximate surface area is 110 Å². The highest BCUT2D eigenvalue weighted by Gasteiger charge is 2.06. The van der Waals surface area contributed by atoms with Crippen molar-refractivity contribution in [3.63, 3.8) is 0 Å². The lowest BCUT2D eigenvalue weighted by Gasteiger charge is -2.06. The molecular weight excluding hydrogens is 245 g/mol. The van der Waals surface area contributed by atoms with E-state index in [1.807, 2.05) is 0 Å². The van der Waals surface area contributed by atoms with Crippen molar-refractivity contribution in [2.75, 3.05) is 12.4 Å². The molecule has 0 aliphatic carbocycles. The third kappa shape index (κ3) is 3.51. The number of amides is 1. The van der Waals surface area contributed by atoms with Crippen LogP contribution in [0.3, 0.4) is 0 Å². The van der Waals surface area contributed by atoms with Crippen molar-refractivity contribution >= 4 is 11.7 Å². The van der Waals surface area contributed by atoms with E-state index in [2.05, 4.69) is 15.6 Å². The topological polar surface area (TPSA) is 54.0 Å². The first-order chi connectivity index (χ1) is 9.19. The van der Waals surface area contributed by atoms with Crippen molar-refractivity contribution in [1.82, 2.24) is 10.3 Å². The summed E-state index contributed by atoms with van der Waals surface area (Å²) in [7, 11) is 1.73. The standard InChI is InChI=1S/C14H14FN3O/c1-16-13-8-11(5-6-17-13)14(19)18-9-10-3-2-4-12(15)7-10/h2-8H,9H2,1H3,(H,16,17)(H,18,19). The molecule has 1 amide bonds. The summed E-state index contributed by atoms with van der Waals surface area (Å²) in [6.07, 6.45) is 1.56. The number of pyridine rings is 1. The molecule has 2 N–H and O–H groups in total. The smallest absolute Gasteiger partial charge is 0.251 e. The van der Waals surface area contributed by atoms with Crippen LogP contribution in [0.2, 0.25) is 0 Å². The molecule has 98 valence electrons. The molecule has 1 heterocycles. The Morgan fingerprint density at radius 1 is 1.32 bits per heavy atom. The molecule has 0 radical (unpaired) electrons. The third-order valence-electron chi connectivity index (χ3n) is 2.62. The van der Waals surface area contributed by atoms with Crippen molar-refractivity contribution in [2.45, 2.75) is 6.54 Å². The average molecular weight is 259 g/mol. The Bertz CT molecular complexity index is 586. The zero-order chi connectivity index (χ0) is 13.7. The predicted molar refractivity (Wildman–Crippen MR) is 71.4 cm³/mol. The van der Waals surface area contributed by atoms with Gasteiger partial charge < -0.3 is 10.6 Å². The van der Waals surface area contributed by atoms with Gasteiger partial charge in [-0.05, 0) is 29.8 Å². The molecule has 0 saturated carbocycles. The fourth-order valence-corrected chi connectivity index (χ4v) is 1.64. The van der Waals surface area contributed by atoms with E-state index in [1.54, 1.807) is 37.5 Å². The highest BCUT2D eigenvalue weighted by atomic mass is 19.1. The van der Waals surface area contributed by atoms with E-state index in [0.29, 0.717) is 11.4 Å². The second-order valence-corrected chi connectivity index (χ2v) is 3.99. The molecule has 5 heteroatoms. The van der Waals surface area contributed by atoms with Crippen LogP contribution >= 0.6 is 0 Å². The maximum atomic E-state index is 13.0. The molecule has 19 heavy (non-hydrogen) atoms. The van der Waals surface area contributed by atoms with Gasteiger partial charge in [0.25, 0.3) is 5.91 Å². The fourth-order valence-electron chi connectivity index (χ4n) is 1.64. The number of rotatable bonds is 4. The first kappa shape index (κ1) is 13.0. The van der Waals surface area contributed by atoms with Crippen molar-refractivity contribution in [2.24, 2.45) is 0 Å². The minimum Gasteiger partial charge on any atom is -0.373 e. The lowest BCUT2D eigenvalue weighted by molar-refractivity contribution is 0.0951. The molecule has 0 saturated heterocycles. The Morgan fingerprint density at radius 2 is 2.16 bits per heavy atom. The lowest BCUT2D eigenvalue weighted by Crippen LogP contribution is -2.23. The van der Waals surface area contributed by atoms with Gasteiger partial charge in [0, 0.05) is 25.4 Å². The molecule has 0 aliphatic rings. The summed E-state index contributed by atoms with van der Waals surface area (Å²) >= 11 is 0. The van der Waals surface area contributed by atoms with Crippen molar-refractivity contribution in [3.8, 4) is 0 Å². The molecular formula is C14H14FN3O. The van der Waals surface area contributed by atoms with Gasteiger partial charge in [0.15, 0.2) is 0 Å². The van der Waals surface area contributed by atoms with Crippen LogP contribution in [-0.4, -0.2) is 17.9 Å². The Balaban J connectivity index is 2.01. The largest absolute Gasteiger partial charge is 0.373 e.